The average Bonchev–Trinajstić information content (AvgIpc) is 2.88. The second-order valence-electron chi connectivity index (χ2n) is 4.00. The minimum absolute atomic E-state index is 0. The Kier molecular flexibility index (Phi) is 6.27. The predicted molar refractivity (Wildman–Crippen MR) is 74.5 cm³/mol. The number of nitrogens with one attached hydrogen (secondary N) is 2. The van der Waals surface area contributed by atoms with Crippen LogP contribution in [0.3, 0.4) is 0 Å². The summed E-state index contributed by atoms with van der Waals surface area (Å²) in [5.74, 6) is 0.657. The lowest BCUT2D eigenvalue weighted by Crippen LogP contribution is -2.25. The quantitative estimate of drug-likeness (QED) is 0.896. The molecule has 2 N–H and O–H groups in total. The van der Waals surface area contributed by atoms with Gasteiger partial charge in [0.15, 0.2) is 0 Å². The van der Waals surface area contributed by atoms with Crippen molar-refractivity contribution in [3.8, 4) is 0 Å². The van der Waals surface area contributed by atoms with Crippen LogP contribution in [-0.4, -0.2) is 25.5 Å². The largest absolute Gasteiger partial charge is 0.351 e. The average molecular weight is 295 g/mol. The first kappa shape index (κ1) is 14.8. The summed E-state index contributed by atoms with van der Waals surface area (Å²) < 4.78 is 0. The minimum Gasteiger partial charge on any atom is -0.351 e. The molecule has 1 unspecified atom stereocenters. The summed E-state index contributed by atoms with van der Waals surface area (Å²) in [7, 11) is 0. The maximum Gasteiger partial charge on any atom is 0.262 e. The van der Waals surface area contributed by atoms with E-state index in [0.717, 1.165) is 26.1 Å². The molecule has 1 saturated heterocycles. The highest BCUT2D eigenvalue weighted by atomic mass is 35.5. The summed E-state index contributed by atoms with van der Waals surface area (Å²) in [5, 5.41) is 8.61. The molecule has 0 saturated carbocycles. The molecule has 1 amide bonds. The van der Waals surface area contributed by atoms with Crippen LogP contribution in [0.2, 0.25) is 5.02 Å². The van der Waals surface area contributed by atoms with Crippen LogP contribution in [-0.2, 0) is 0 Å². The van der Waals surface area contributed by atoms with Crippen molar-refractivity contribution in [3.63, 3.8) is 0 Å². The lowest BCUT2D eigenvalue weighted by molar-refractivity contribution is 0.0956. The fraction of sp³-hybridized carbons (Fsp3) is 0.545. The topological polar surface area (TPSA) is 41.1 Å². The Morgan fingerprint density at radius 3 is 3.06 bits per heavy atom. The van der Waals surface area contributed by atoms with Gasteiger partial charge in [0, 0.05) is 6.54 Å². The van der Waals surface area contributed by atoms with E-state index in [1.807, 2.05) is 5.38 Å². The third kappa shape index (κ3) is 4.14. The molecule has 1 aromatic heterocycles. The van der Waals surface area contributed by atoms with Crippen LogP contribution < -0.4 is 10.6 Å². The number of carbonyl (C=O) groups is 1. The fourth-order valence-electron chi connectivity index (χ4n) is 1.89. The molecule has 3 nitrogen and oxygen atoms in total. The summed E-state index contributed by atoms with van der Waals surface area (Å²) >= 11 is 7.26. The highest BCUT2D eigenvalue weighted by Crippen LogP contribution is 2.21. The molecule has 1 aromatic rings. The summed E-state index contributed by atoms with van der Waals surface area (Å²) in [6.07, 6.45) is 2.26. The van der Waals surface area contributed by atoms with E-state index in [-0.39, 0.29) is 18.3 Å². The number of rotatable bonds is 4. The summed E-state index contributed by atoms with van der Waals surface area (Å²) in [5.41, 5.74) is 0. The molecule has 0 aromatic carbocycles. The van der Waals surface area contributed by atoms with Gasteiger partial charge in [-0.05, 0) is 43.3 Å². The van der Waals surface area contributed by atoms with Gasteiger partial charge in [-0.2, -0.15) is 0 Å². The minimum atomic E-state index is -0.0500. The van der Waals surface area contributed by atoms with Gasteiger partial charge in [0.25, 0.3) is 5.91 Å². The zero-order chi connectivity index (χ0) is 11.4. The number of hydrogen-bond donors (Lipinski definition) is 2. The van der Waals surface area contributed by atoms with Crippen molar-refractivity contribution in [2.45, 2.75) is 12.8 Å². The Hall–Kier alpha value is -0.290. The number of amides is 1. The summed E-state index contributed by atoms with van der Waals surface area (Å²) in [6, 6.07) is 1.75. The van der Waals surface area contributed by atoms with Crippen LogP contribution in [0.5, 0.6) is 0 Å². The molecule has 0 spiro atoms. The maximum absolute atomic E-state index is 11.7. The molecule has 96 valence electrons. The van der Waals surface area contributed by atoms with Crippen molar-refractivity contribution in [2.24, 2.45) is 5.92 Å². The van der Waals surface area contributed by atoms with Crippen molar-refractivity contribution in [3.05, 3.63) is 21.3 Å². The van der Waals surface area contributed by atoms with Gasteiger partial charge in [0.05, 0.1) is 5.02 Å². The molecule has 1 aliphatic heterocycles. The Morgan fingerprint density at radius 1 is 1.65 bits per heavy atom. The molecular formula is C11H16Cl2N2OS. The number of thiophene rings is 1. The SMILES string of the molecule is Cl.O=C(NCCC1CCNC1)c1sccc1Cl. The van der Waals surface area contributed by atoms with Crippen molar-refractivity contribution < 1.29 is 4.79 Å². The second kappa shape index (κ2) is 7.21. The van der Waals surface area contributed by atoms with Crippen LogP contribution in [0, 0.1) is 5.92 Å². The van der Waals surface area contributed by atoms with E-state index >= 15 is 0 Å². The third-order valence-corrected chi connectivity index (χ3v) is 4.16. The smallest absolute Gasteiger partial charge is 0.262 e. The standard InChI is InChI=1S/C11H15ClN2OS.ClH/c12-9-3-6-16-10(9)11(15)14-5-2-8-1-4-13-7-8;/h3,6,8,13H,1-2,4-5,7H2,(H,14,15);1H. The van der Waals surface area contributed by atoms with E-state index < -0.39 is 0 Å². The van der Waals surface area contributed by atoms with Crippen LogP contribution in [0.15, 0.2) is 11.4 Å². The van der Waals surface area contributed by atoms with Gasteiger partial charge in [0.1, 0.15) is 4.88 Å². The first-order chi connectivity index (χ1) is 7.77. The molecule has 0 aliphatic carbocycles. The van der Waals surface area contributed by atoms with Crippen molar-refractivity contribution in [1.29, 1.82) is 0 Å². The molecule has 0 bridgehead atoms. The first-order valence-electron chi connectivity index (χ1n) is 5.49. The summed E-state index contributed by atoms with van der Waals surface area (Å²) in [4.78, 5) is 12.3. The lowest BCUT2D eigenvalue weighted by Gasteiger charge is -2.08. The van der Waals surface area contributed by atoms with Gasteiger partial charge in [-0.1, -0.05) is 11.6 Å². The zero-order valence-corrected chi connectivity index (χ0v) is 11.8. The normalized spacial score (nSPS) is 18.8. The van der Waals surface area contributed by atoms with E-state index in [1.165, 1.54) is 17.8 Å². The van der Waals surface area contributed by atoms with Crippen LogP contribution in [0.4, 0.5) is 0 Å². The molecule has 2 heterocycles. The number of halogens is 2. The van der Waals surface area contributed by atoms with Gasteiger partial charge in [-0.15, -0.1) is 23.7 Å². The molecule has 0 radical (unpaired) electrons. The molecule has 2 rings (SSSR count). The van der Waals surface area contributed by atoms with Crippen molar-refractivity contribution >= 4 is 41.3 Å². The molecular weight excluding hydrogens is 279 g/mol. The molecule has 1 atom stereocenters. The molecule has 6 heteroatoms. The van der Waals surface area contributed by atoms with Crippen molar-refractivity contribution in [1.82, 2.24) is 10.6 Å². The van der Waals surface area contributed by atoms with Gasteiger partial charge in [0.2, 0.25) is 0 Å². The summed E-state index contributed by atoms with van der Waals surface area (Å²) in [6.45, 7) is 2.92. The maximum atomic E-state index is 11.7. The Balaban J connectivity index is 0.00000144. The van der Waals surface area contributed by atoms with Crippen LogP contribution >= 0.6 is 35.3 Å². The number of carbonyl (C=O) groups excluding carboxylic acids is 1. The Bertz CT molecular complexity index is 364. The van der Waals surface area contributed by atoms with Gasteiger partial charge >= 0.3 is 0 Å². The highest BCUT2D eigenvalue weighted by Gasteiger charge is 2.15. The zero-order valence-electron chi connectivity index (χ0n) is 9.37. The lowest BCUT2D eigenvalue weighted by atomic mass is 10.1. The Labute approximate surface area is 116 Å². The number of hydrogen-bond acceptors (Lipinski definition) is 3. The van der Waals surface area contributed by atoms with Gasteiger partial charge < -0.3 is 10.6 Å². The highest BCUT2D eigenvalue weighted by molar-refractivity contribution is 7.12. The fourth-order valence-corrected chi connectivity index (χ4v) is 2.94. The van der Waals surface area contributed by atoms with E-state index in [1.54, 1.807) is 6.07 Å². The van der Waals surface area contributed by atoms with Gasteiger partial charge in [-0.25, -0.2) is 0 Å². The van der Waals surface area contributed by atoms with Crippen molar-refractivity contribution in [2.75, 3.05) is 19.6 Å². The Morgan fingerprint density at radius 2 is 2.47 bits per heavy atom. The van der Waals surface area contributed by atoms with Gasteiger partial charge in [-0.3, -0.25) is 4.79 Å². The van der Waals surface area contributed by atoms with E-state index in [4.69, 9.17) is 11.6 Å². The monoisotopic (exact) mass is 294 g/mol. The van der Waals surface area contributed by atoms with E-state index in [2.05, 4.69) is 10.6 Å². The van der Waals surface area contributed by atoms with Crippen LogP contribution in [0.1, 0.15) is 22.5 Å². The molecule has 17 heavy (non-hydrogen) atoms. The third-order valence-electron chi connectivity index (χ3n) is 2.82. The molecule has 1 fully saturated rings. The first-order valence-corrected chi connectivity index (χ1v) is 6.75. The van der Waals surface area contributed by atoms with E-state index in [9.17, 15) is 4.79 Å². The second-order valence-corrected chi connectivity index (χ2v) is 5.32. The van der Waals surface area contributed by atoms with E-state index in [0.29, 0.717) is 15.8 Å². The molecule has 1 aliphatic rings. The predicted octanol–water partition coefficient (Wildman–Crippen LogP) is 2.55. The van der Waals surface area contributed by atoms with Crippen LogP contribution in [0.25, 0.3) is 0 Å².